The summed E-state index contributed by atoms with van der Waals surface area (Å²) in [5, 5.41) is 4.43. The van der Waals surface area contributed by atoms with Crippen molar-refractivity contribution < 1.29 is 19.1 Å². The summed E-state index contributed by atoms with van der Waals surface area (Å²) in [6, 6.07) is 6.01. The van der Waals surface area contributed by atoms with Gasteiger partial charge in [-0.25, -0.2) is 4.98 Å². The van der Waals surface area contributed by atoms with Crippen LogP contribution in [0.25, 0.3) is 0 Å². The number of hydrogen-bond acceptors (Lipinski definition) is 7. The number of ether oxygens (including phenoxy) is 1. The molecule has 1 saturated heterocycles. The van der Waals surface area contributed by atoms with Gasteiger partial charge in [0.05, 0.1) is 12.1 Å². The maximum atomic E-state index is 12.7. The van der Waals surface area contributed by atoms with Crippen molar-refractivity contribution in [3.63, 3.8) is 0 Å². The van der Waals surface area contributed by atoms with Crippen LogP contribution in [0.4, 0.5) is 5.13 Å². The Morgan fingerprint density at radius 2 is 2.09 bits per heavy atom. The molecular weight excluding hydrogens is 446 g/mol. The molecule has 1 fully saturated rings. The van der Waals surface area contributed by atoms with Gasteiger partial charge in [0.1, 0.15) is 0 Å². The molecule has 9 heteroatoms. The van der Waals surface area contributed by atoms with Crippen LogP contribution in [0.5, 0.6) is 0 Å². The Balaban J connectivity index is 1.30. The van der Waals surface area contributed by atoms with E-state index < -0.39 is 5.97 Å². The molecule has 1 aliphatic heterocycles. The number of Topliss-reactive ketones (excluding diaryl/α,β-unsaturated/α-hetero) is 1. The lowest BCUT2D eigenvalue weighted by Crippen LogP contribution is -2.23. The number of aromatic nitrogens is 2. The summed E-state index contributed by atoms with van der Waals surface area (Å²) in [7, 11) is 0. The molecule has 0 bridgehead atoms. The van der Waals surface area contributed by atoms with E-state index in [4.69, 9.17) is 4.74 Å². The standard InChI is InChI=1S/C23H25N3O4S2/c1-15-11-19(16(2)25(15)9-7-18-5-4-10-31-18)20(27)13-30-22(29)12-17-14-32-23(24-17)26-8-3-6-21(26)28/h4-5,10-11,14H,3,6-9,12-13H2,1-2H3. The predicted molar refractivity (Wildman–Crippen MR) is 125 cm³/mol. The number of nitrogens with zero attached hydrogens (tertiary/aromatic N) is 3. The number of carbonyl (C=O) groups is 3. The number of carbonyl (C=O) groups excluding carboxylic acids is 3. The van der Waals surface area contributed by atoms with Crippen LogP contribution in [0, 0.1) is 13.8 Å². The van der Waals surface area contributed by atoms with Crippen LogP contribution >= 0.6 is 22.7 Å². The zero-order valence-corrected chi connectivity index (χ0v) is 19.8. The Kier molecular flexibility index (Phi) is 6.86. The Labute approximate surface area is 194 Å². The van der Waals surface area contributed by atoms with Crippen LogP contribution in [0.3, 0.4) is 0 Å². The summed E-state index contributed by atoms with van der Waals surface area (Å²) >= 11 is 3.07. The first-order valence-electron chi connectivity index (χ1n) is 10.5. The van der Waals surface area contributed by atoms with E-state index in [9.17, 15) is 14.4 Å². The summed E-state index contributed by atoms with van der Waals surface area (Å²) in [5.74, 6) is -0.656. The molecule has 32 heavy (non-hydrogen) atoms. The molecule has 0 aromatic carbocycles. The Bertz CT molecular complexity index is 1130. The topological polar surface area (TPSA) is 81.5 Å². The number of thiazole rings is 1. The lowest BCUT2D eigenvalue weighted by atomic mass is 10.1. The average Bonchev–Trinajstić information content (AvgIpc) is 3.55. The SMILES string of the molecule is Cc1cc(C(=O)COC(=O)Cc2csc(N3CCCC3=O)n2)c(C)n1CCc1cccs1. The van der Waals surface area contributed by atoms with Crippen LogP contribution in [0.15, 0.2) is 29.0 Å². The van der Waals surface area contributed by atoms with Crippen molar-refractivity contribution in [1.82, 2.24) is 9.55 Å². The zero-order chi connectivity index (χ0) is 22.7. The molecule has 0 saturated carbocycles. The number of amides is 1. The molecule has 0 atom stereocenters. The highest BCUT2D eigenvalue weighted by molar-refractivity contribution is 7.14. The second-order valence-corrected chi connectivity index (χ2v) is 9.67. The van der Waals surface area contributed by atoms with E-state index in [1.165, 1.54) is 16.2 Å². The summed E-state index contributed by atoms with van der Waals surface area (Å²) in [5.41, 5.74) is 3.04. The van der Waals surface area contributed by atoms with Gasteiger partial charge in [0.15, 0.2) is 11.7 Å². The fourth-order valence-electron chi connectivity index (χ4n) is 3.88. The van der Waals surface area contributed by atoms with Crippen molar-refractivity contribution in [2.75, 3.05) is 18.1 Å². The summed E-state index contributed by atoms with van der Waals surface area (Å²) in [4.78, 5) is 44.1. The fourth-order valence-corrected chi connectivity index (χ4v) is 5.44. The highest BCUT2D eigenvalue weighted by Gasteiger charge is 2.25. The summed E-state index contributed by atoms with van der Waals surface area (Å²) < 4.78 is 7.36. The van der Waals surface area contributed by atoms with E-state index in [0.29, 0.717) is 29.4 Å². The van der Waals surface area contributed by atoms with Crippen LogP contribution in [-0.2, 0) is 33.7 Å². The van der Waals surface area contributed by atoms with E-state index in [-0.39, 0.29) is 24.7 Å². The highest BCUT2D eigenvalue weighted by atomic mass is 32.1. The fraction of sp³-hybridized carbons (Fsp3) is 0.391. The van der Waals surface area contributed by atoms with Gasteiger partial charge in [0.25, 0.3) is 0 Å². The van der Waals surface area contributed by atoms with Gasteiger partial charge in [0, 0.05) is 46.7 Å². The Morgan fingerprint density at radius 3 is 2.81 bits per heavy atom. The number of rotatable bonds is 9. The van der Waals surface area contributed by atoms with Crippen molar-refractivity contribution in [1.29, 1.82) is 0 Å². The van der Waals surface area contributed by atoms with Gasteiger partial charge in [0.2, 0.25) is 11.7 Å². The molecule has 3 aromatic rings. The largest absolute Gasteiger partial charge is 0.457 e. The summed E-state index contributed by atoms with van der Waals surface area (Å²) in [6.45, 7) is 5.07. The maximum Gasteiger partial charge on any atom is 0.312 e. The third-order valence-electron chi connectivity index (χ3n) is 5.57. The molecule has 0 aliphatic carbocycles. The first-order chi connectivity index (χ1) is 15.4. The Hall–Kier alpha value is -2.78. The van der Waals surface area contributed by atoms with Gasteiger partial charge >= 0.3 is 5.97 Å². The van der Waals surface area contributed by atoms with Crippen molar-refractivity contribution >= 4 is 45.5 Å². The molecule has 0 radical (unpaired) electrons. The van der Waals surface area contributed by atoms with Crippen LogP contribution < -0.4 is 4.90 Å². The van der Waals surface area contributed by atoms with Crippen molar-refractivity contribution in [2.24, 2.45) is 0 Å². The molecule has 0 unspecified atom stereocenters. The van der Waals surface area contributed by atoms with Gasteiger partial charge in [-0.2, -0.15) is 0 Å². The Morgan fingerprint density at radius 1 is 1.25 bits per heavy atom. The normalized spacial score (nSPS) is 13.7. The molecule has 1 aliphatic rings. The lowest BCUT2D eigenvalue weighted by molar-refractivity contribution is -0.141. The van der Waals surface area contributed by atoms with Crippen LogP contribution in [0.1, 0.15) is 45.2 Å². The van der Waals surface area contributed by atoms with E-state index in [1.807, 2.05) is 26.0 Å². The second kappa shape index (κ2) is 9.79. The minimum atomic E-state index is -0.505. The molecular formula is C23H25N3O4S2. The monoisotopic (exact) mass is 471 g/mol. The smallest absolute Gasteiger partial charge is 0.312 e. The molecule has 4 heterocycles. The van der Waals surface area contributed by atoms with Gasteiger partial charge in [-0.15, -0.1) is 22.7 Å². The number of thiophene rings is 1. The van der Waals surface area contributed by atoms with Gasteiger partial charge in [-0.3, -0.25) is 19.3 Å². The van der Waals surface area contributed by atoms with Gasteiger partial charge in [-0.05, 0) is 44.2 Å². The third kappa shape index (κ3) is 4.99. The van der Waals surface area contributed by atoms with E-state index in [1.54, 1.807) is 21.6 Å². The maximum absolute atomic E-state index is 12.7. The molecule has 1 amide bonds. The third-order valence-corrected chi connectivity index (χ3v) is 7.42. The highest BCUT2D eigenvalue weighted by Crippen LogP contribution is 2.25. The average molecular weight is 472 g/mol. The predicted octanol–water partition coefficient (Wildman–Crippen LogP) is 3.96. The molecule has 3 aromatic heterocycles. The number of aryl methyl sites for hydroxylation is 2. The first-order valence-corrected chi connectivity index (χ1v) is 12.3. The van der Waals surface area contributed by atoms with Crippen LogP contribution in [0.2, 0.25) is 0 Å². The van der Waals surface area contributed by atoms with Crippen molar-refractivity contribution in [3.05, 3.63) is 56.5 Å². The molecule has 168 valence electrons. The van der Waals surface area contributed by atoms with Crippen molar-refractivity contribution in [3.8, 4) is 0 Å². The van der Waals surface area contributed by atoms with Gasteiger partial charge in [-0.1, -0.05) is 6.07 Å². The van der Waals surface area contributed by atoms with E-state index in [2.05, 4.69) is 21.0 Å². The number of esters is 1. The number of ketones is 1. The quantitative estimate of drug-likeness (QED) is 0.349. The zero-order valence-electron chi connectivity index (χ0n) is 18.1. The number of hydrogen-bond donors (Lipinski definition) is 0. The van der Waals surface area contributed by atoms with E-state index in [0.717, 1.165) is 30.8 Å². The molecule has 4 rings (SSSR count). The minimum absolute atomic E-state index is 0.0222. The molecule has 0 N–H and O–H groups in total. The van der Waals surface area contributed by atoms with Gasteiger partial charge < -0.3 is 9.30 Å². The minimum Gasteiger partial charge on any atom is -0.457 e. The molecule has 7 nitrogen and oxygen atoms in total. The second-order valence-electron chi connectivity index (χ2n) is 7.80. The van der Waals surface area contributed by atoms with Crippen LogP contribution in [-0.4, -0.2) is 40.4 Å². The first kappa shape index (κ1) is 22.4. The lowest BCUT2D eigenvalue weighted by Gasteiger charge is -2.10. The molecule has 0 spiro atoms. The van der Waals surface area contributed by atoms with E-state index >= 15 is 0 Å². The summed E-state index contributed by atoms with van der Waals surface area (Å²) in [6.07, 6.45) is 2.25. The van der Waals surface area contributed by atoms with Crippen molar-refractivity contribution in [2.45, 2.75) is 46.1 Å². The number of anilines is 1.